The van der Waals surface area contributed by atoms with Crippen LogP contribution in [0, 0.1) is 0 Å². The molecule has 0 radical (unpaired) electrons. The van der Waals surface area contributed by atoms with Crippen LogP contribution in [0.1, 0.15) is 43.8 Å². The van der Waals surface area contributed by atoms with Gasteiger partial charge in [-0.05, 0) is 18.4 Å². The van der Waals surface area contributed by atoms with Gasteiger partial charge < -0.3 is 15.8 Å². The van der Waals surface area contributed by atoms with Gasteiger partial charge in [-0.25, -0.2) is 0 Å². The minimum atomic E-state index is -0.930. The third-order valence-electron chi connectivity index (χ3n) is 4.12. The number of amides is 2. The van der Waals surface area contributed by atoms with E-state index < -0.39 is 17.6 Å². The molecule has 21 heavy (non-hydrogen) atoms. The highest BCUT2D eigenvalue weighted by Crippen LogP contribution is 2.29. The average Bonchev–Trinajstić information content (AvgIpc) is 2.50. The lowest BCUT2D eigenvalue weighted by Crippen LogP contribution is -2.59. The number of carbonyl (C=O) groups excluding carboxylic acids is 2. The van der Waals surface area contributed by atoms with Crippen LogP contribution in [0.25, 0.3) is 0 Å². The van der Waals surface area contributed by atoms with E-state index in [1.54, 1.807) is 0 Å². The van der Waals surface area contributed by atoms with Crippen molar-refractivity contribution in [3.63, 3.8) is 0 Å². The Labute approximate surface area is 124 Å². The molecule has 1 saturated carbocycles. The summed E-state index contributed by atoms with van der Waals surface area (Å²) in [7, 11) is 1.48. The van der Waals surface area contributed by atoms with Gasteiger partial charge in [0.25, 0.3) is 5.91 Å². The highest BCUT2D eigenvalue weighted by molar-refractivity contribution is 5.92. The first-order valence-corrected chi connectivity index (χ1v) is 7.29. The van der Waals surface area contributed by atoms with Gasteiger partial charge in [0.15, 0.2) is 6.10 Å². The van der Waals surface area contributed by atoms with Gasteiger partial charge in [-0.2, -0.15) is 0 Å². The summed E-state index contributed by atoms with van der Waals surface area (Å²) in [5.74, 6) is -0.775. The maximum absolute atomic E-state index is 12.5. The highest BCUT2D eigenvalue weighted by Gasteiger charge is 2.40. The van der Waals surface area contributed by atoms with Crippen molar-refractivity contribution in [2.45, 2.75) is 43.7 Å². The largest absolute Gasteiger partial charge is 0.368 e. The van der Waals surface area contributed by atoms with Crippen LogP contribution in [0.3, 0.4) is 0 Å². The molecule has 0 bridgehead atoms. The summed E-state index contributed by atoms with van der Waals surface area (Å²) in [6.07, 6.45) is 3.32. The molecule has 0 aliphatic heterocycles. The first-order valence-electron chi connectivity index (χ1n) is 7.29. The summed E-state index contributed by atoms with van der Waals surface area (Å²) in [6.45, 7) is 0. The molecule has 2 rings (SSSR count). The molecular weight excluding hydrogens is 268 g/mol. The molecule has 1 aliphatic rings. The molecule has 114 valence electrons. The van der Waals surface area contributed by atoms with E-state index in [4.69, 9.17) is 10.5 Å². The Kier molecular flexibility index (Phi) is 4.96. The minimum absolute atomic E-state index is 0.315. The number of methoxy groups -OCH3 is 1. The van der Waals surface area contributed by atoms with Crippen LogP contribution in [0.4, 0.5) is 0 Å². The van der Waals surface area contributed by atoms with E-state index in [1.165, 1.54) is 7.11 Å². The summed E-state index contributed by atoms with van der Waals surface area (Å²) in [4.78, 5) is 24.3. The highest BCUT2D eigenvalue weighted by atomic mass is 16.5. The van der Waals surface area contributed by atoms with Gasteiger partial charge >= 0.3 is 0 Å². The zero-order valence-electron chi connectivity index (χ0n) is 12.3. The molecule has 1 aromatic rings. The maximum Gasteiger partial charge on any atom is 0.254 e. The Morgan fingerprint density at radius 2 is 1.81 bits per heavy atom. The summed E-state index contributed by atoms with van der Waals surface area (Å²) in [6, 6.07) is 9.22. The van der Waals surface area contributed by atoms with Crippen molar-refractivity contribution in [1.82, 2.24) is 5.32 Å². The molecule has 0 heterocycles. The van der Waals surface area contributed by atoms with Crippen molar-refractivity contribution < 1.29 is 14.3 Å². The Bertz CT molecular complexity index is 496. The van der Waals surface area contributed by atoms with Gasteiger partial charge in [0.05, 0.1) is 0 Å². The van der Waals surface area contributed by atoms with Gasteiger partial charge in [-0.1, -0.05) is 49.6 Å². The van der Waals surface area contributed by atoms with Gasteiger partial charge in [-0.3, -0.25) is 9.59 Å². The van der Waals surface area contributed by atoms with Crippen molar-refractivity contribution in [3.05, 3.63) is 35.9 Å². The molecule has 1 atom stereocenters. The standard InChI is InChI=1S/C16H22N2O3/c1-21-13(12-8-4-2-5-9-12)14(19)18-16(15(17)20)10-6-3-7-11-16/h2,4-5,8-9,13H,3,6-7,10-11H2,1H3,(H2,17,20)(H,18,19)/t13-/m1/s1. The molecule has 1 aliphatic carbocycles. The number of benzene rings is 1. The lowest BCUT2D eigenvalue weighted by Gasteiger charge is -2.36. The van der Waals surface area contributed by atoms with Crippen molar-refractivity contribution in [2.75, 3.05) is 7.11 Å². The monoisotopic (exact) mass is 290 g/mol. The van der Waals surface area contributed by atoms with Crippen LogP contribution in [0.2, 0.25) is 0 Å². The summed E-state index contributed by atoms with van der Waals surface area (Å²) in [5.41, 5.74) is 5.36. The van der Waals surface area contributed by atoms with E-state index in [0.29, 0.717) is 12.8 Å². The number of ether oxygens (including phenoxy) is 1. The van der Waals surface area contributed by atoms with E-state index in [-0.39, 0.29) is 5.91 Å². The van der Waals surface area contributed by atoms with Crippen molar-refractivity contribution in [3.8, 4) is 0 Å². The van der Waals surface area contributed by atoms with E-state index in [9.17, 15) is 9.59 Å². The number of nitrogens with one attached hydrogen (secondary N) is 1. The Morgan fingerprint density at radius 1 is 1.19 bits per heavy atom. The zero-order valence-corrected chi connectivity index (χ0v) is 12.3. The minimum Gasteiger partial charge on any atom is -0.368 e. The Morgan fingerprint density at radius 3 is 2.33 bits per heavy atom. The molecule has 1 fully saturated rings. The van der Waals surface area contributed by atoms with Gasteiger partial charge in [0, 0.05) is 7.11 Å². The Balaban J connectivity index is 2.16. The van der Waals surface area contributed by atoms with Crippen molar-refractivity contribution in [1.29, 1.82) is 0 Å². The number of nitrogens with two attached hydrogens (primary N) is 1. The van der Waals surface area contributed by atoms with Crippen LogP contribution in [-0.4, -0.2) is 24.5 Å². The van der Waals surface area contributed by atoms with Crippen LogP contribution in [0.5, 0.6) is 0 Å². The second kappa shape index (κ2) is 6.72. The fourth-order valence-electron chi connectivity index (χ4n) is 2.91. The number of carbonyl (C=O) groups is 2. The quantitative estimate of drug-likeness (QED) is 0.865. The second-order valence-electron chi connectivity index (χ2n) is 5.52. The van der Waals surface area contributed by atoms with E-state index in [1.807, 2.05) is 30.3 Å². The van der Waals surface area contributed by atoms with E-state index in [2.05, 4.69) is 5.32 Å². The zero-order chi connectivity index (χ0) is 15.3. The van der Waals surface area contributed by atoms with Gasteiger partial charge in [-0.15, -0.1) is 0 Å². The molecule has 0 spiro atoms. The predicted octanol–water partition coefficient (Wildman–Crippen LogP) is 1.68. The average molecular weight is 290 g/mol. The molecule has 0 unspecified atom stereocenters. The molecule has 0 aromatic heterocycles. The first-order chi connectivity index (χ1) is 10.1. The smallest absolute Gasteiger partial charge is 0.254 e. The van der Waals surface area contributed by atoms with Crippen LogP contribution < -0.4 is 11.1 Å². The van der Waals surface area contributed by atoms with Crippen LogP contribution in [0.15, 0.2) is 30.3 Å². The number of hydrogen-bond acceptors (Lipinski definition) is 3. The third kappa shape index (κ3) is 3.42. The SMILES string of the molecule is CO[C@@H](C(=O)NC1(C(N)=O)CCCCC1)c1ccccc1. The van der Waals surface area contributed by atoms with Crippen molar-refractivity contribution in [2.24, 2.45) is 5.73 Å². The molecule has 5 nitrogen and oxygen atoms in total. The van der Waals surface area contributed by atoms with E-state index in [0.717, 1.165) is 24.8 Å². The topological polar surface area (TPSA) is 81.4 Å². The summed E-state index contributed by atoms with van der Waals surface area (Å²) >= 11 is 0. The molecule has 3 N–H and O–H groups in total. The lowest BCUT2D eigenvalue weighted by molar-refractivity contribution is -0.139. The lowest BCUT2D eigenvalue weighted by atomic mass is 9.81. The maximum atomic E-state index is 12.5. The van der Waals surface area contributed by atoms with Gasteiger partial charge in [0.1, 0.15) is 5.54 Å². The molecule has 5 heteroatoms. The van der Waals surface area contributed by atoms with Crippen LogP contribution in [-0.2, 0) is 14.3 Å². The number of primary amides is 1. The first kappa shape index (κ1) is 15.5. The van der Waals surface area contributed by atoms with Crippen molar-refractivity contribution >= 4 is 11.8 Å². The van der Waals surface area contributed by atoms with Crippen LogP contribution >= 0.6 is 0 Å². The third-order valence-corrected chi connectivity index (χ3v) is 4.12. The summed E-state index contributed by atoms with van der Waals surface area (Å²) < 4.78 is 5.30. The fourth-order valence-corrected chi connectivity index (χ4v) is 2.91. The molecule has 0 saturated heterocycles. The second-order valence-corrected chi connectivity index (χ2v) is 5.52. The van der Waals surface area contributed by atoms with E-state index >= 15 is 0 Å². The van der Waals surface area contributed by atoms with Gasteiger partial charge in [0.2, 0.25) is 5.91 Å². The normalized spacial score (nSPS) is 18.7. The summed E-state index contributed by atoms with van der Waals surface area (Å²) in [5, 5.41) is 2.84. The predicted molar refractivity (Wildman–Crippen MR) is 79.3 cm³/mol. The molecule has 2 amide bonds. The number of rotatable bonds is 5. The molecular formula is C16H22N2O3. The fraction of sp³-hybridized carbons (Fsp3) is 0.500. The number of hydrogen-bond donors (Lipinski definition) is 2. The Hall–Kier alpha value is -1.88. The molecule has 1 aromatic carbocycles.